The second-order valence-corrected chi connectivity index (χ2v) is 6.23. The Morgan fingerprint density at radius 1 is 1.81 bits per heavy atom. The van der Waals surface area contributed by atoms with Gasteiger partial charge in [-0.15, -0.1) is 6.58 Å². The van der Waals surface area contributed by atoms with E-state index in [1.54, 1.807) is 6.92 Å². The van der Waals surface area contributed by atoms with E-state index in [0.717, 1.165) is 0 Å². The first kappa shape index (κ1) is 12.0. The van der Waals surface area contributed by atoms with Gasteiger partial charge in [0.15, 0.2) is 0 Å². The van der Waals surface area contributed by atoms with Crippen molar-refractivity contribution in [3.63, 3.8) is 0 Å². The van der Waals surface area contributed by atoms with E-state index in [9.17, 15) is 9.69 Å². The van der Waals surface area contributed by atoms with Crippen LogP contribution in [0.3, 0.4) is 0 Å². The van der Waals surface area contributed by atoms with Gasteiger partial charge in [0.2, 0.25) is 5.16 Å². The lowest BCUT2D eigenvalue weighted by molar-refractivity contribution is -0.219. The first-order valence-corrected chi connectivity index (χ1v) is 6.82. The van der Waals surface area contributed by atoms with Crippen molar-refractivity contribution in [1.29, 1.82) is 0 Å². The zero-order chi connectivity index (χ0) is 11.8. The summed E-state index contributed by atoms with van der Waals surface area (Å²) in [5.41, 5.74) is 0. The molecule has 0 spiro atoms. The van der Waals surface area contributed by atoms with Gasteiger partial charge in [-0.1, -0.05) is 6.08 Å². The molecule has 16 heavy (non-hydrogen) atoms. The smallest absolute Gasteiger partial charge is 0.355 e. The van der Waals surface area contributed by atoms with Crippen LogP contribution >= 0.6 is 7.94 Å². The third kappa shape index (κ3) is 1.51. The van der Waals surface area contributed by atoms with Crippen molar-refractivity contribution in [3.05, 3.63) is 12.7 Å². The molecule has 90 valence electrons. The number of esters is 1. The molecular weight excluding hydrogens is 231 g/mol. The van der Waals surface area contributed by atoms with Crippen LogP contribution in [0.15, 0.2) is 12.7 Å². The maximum Gasteiger partial charge on any atom is 0.355 e. The number of fused-ring (bicyclic) bond motifs is 1. The van der Waals surface area contributed by atoms with Crippen LogP contribution in [0, 0.1) is 5.92 Å². The van der Waals surface area contributed by atoms with Crippen LogP contribution in [0.5, 0.6) is 0 Å². The van der Waals surface area contributed by atoms with Gasteiger partial charge in [0.25, 0.3) is 7.94 Å². The zero-order valence-corrected chi connectivity index (χ0v) is 10.1. The molecular formula is C10H15O5P. The summed E-state index contributed by atoms with van der Waals surface area (Å²) in [5, 5.41) is -1.02. The highest BCUT2D eigenvalue weighted by Gasteiger charge is 2.82. The average Bonchev–Trinajstić information content (AvgIpc) is 2.94. The fourth-order valence-corrected chi connectivity index (χ4v) is 4.54. The maximum absolute atomic E-state index is 12.4. The Balaban J connectivity index is 2.14. The molecule has 0 amide bonds. The number of ether oxygens (including phenoxy) is 1. The summed E-state index contributed by atoms with van der Waals surface area (Å²) in [4.78, 5) is 24.2. The Morgan fingerprint density at radius 3 is 3.12 bits per heavy atom. The number of rotatable bonds is 5. The molecule has 1 aliphatic carbocycles. The van der Waals surface area contributed by atoms with Crippen molar-refractivity contribution in [2.75, 3.05) is 19.8 Å². The van der Waals surface area contributed by atoms with E-state index in [-0.39, 0.29) is 19.1 Å². The quantitative estimate of drug-likeness (QED) is 0.405. The molecule has 5 nitrogen and oxygen atoms in total. The van der Waals surface area contributed by atoms with E-state index in [0.29, 0.717) is 13.0 Å². The second kappa shape index (κ2) is 4.08. The van der Waals surface area contributed by atoms with Gasteiger partial charge in [0.05, 0.1) is 6.61 Å². The second-order valence-electron chi connectivity index (χ2n) is 3.92. The van der Waals surface area contributed by atoms with E-state index < -0.39 is 19.1 Å². The van der Waals surface area contributed by atoms with Crippen LogP contribution in [0.4, 0.5) is 0 Å². The highest BCUT2D eigenvalue weighted by atomic mass is 31.2. The molecule has 1 heterocycles. The molecule has 0 aromatic rings. The lowest BCUT2D eigenvalue weighted by Crippen LogP contribution is -2.35. The summed E-state index contributed by atoms with van der Waals surface area (Å²) in [5.74, 6) is -0.466. The largest absolute Gasteiger partial charge is 0.630 e. The molecule has 6 heteroatoms. The van der Waals surface area contributed by atoms with E-state index in [4.69, 9.17) is 13.8 Å². The van der Waals surface area contributed by atoms with Gasteiger partial charge >= 0.3 is 5.97 Å². The van der Waals surface area contributed by atoms with Crippen LogP contribution < -0.4 is 4.89 Å². The number of carbonyl (C=O) groups is 1. The van der Waals surface area contributed by atoms with Crippen molar-refractivity contribution >= 4 is 13.9 Å². The predicted molar refractivity (Wildman–Crippen MR) is 56.5 cm³/mol. The molecule has 2 fully saturated rings. The van der Waals surface area contributed by atoms with Crippen LogP contribution in [0.25, 0.3) is 0 Å². The van der Waals surface area contributed by atoms with E-state index in [2.05, 4.69) is 6.58 Å². The highest BCUT2D eigenvalue weighted by Crippen LogP contribution is 2.81. The van der Waals surface area contributed by atoms with Gasteiger partial charge in [-0.2, -0.15) is 0 Å². The Bertz CT molecular complexity index is 320. The minimum Gasteiger partial charge on any atom is -0.630 e. The molecule has 0 bridgehead atoms. The summed E-state index contributed by atoms with van der Waals surface area (Å²) >= 11 is 0. The summed E-state index contributed by atoms with van der Waals surface area (Å²) in [7, 11) is -3.37. The van der Waals surface area contributed by atoms with Crippen molar-refractivity contribution in [2.24, 2.45) is 5.92 Å². The molecule has 1 unspecified atom stereocenters. The predicted octanol–water partition coefficient (Wildman–Crippen LogP) is 0.664. The standard InChI is InChI=1S/C10H15O5P/c1-3-5-14-16(12)10(9(11)13-4-2)6-8(10)7-15-16/h3,8H,1,4-7H2,2H3/t8-,10-,16?/m1/s1. The van der Waals surface area contributed by atoms with Crippen LogP contribution in [0.1, 0.15) is 13.3 Å². The topological polar surface area (TPSA) is 67.8 Å². The minimum absolute atomic E-state index is 0.0119. The molecule has 1 saturated carbocycles. The first-order chi connectivity index (χ1) is 7.60. The zero-order valence-electron chi connectivity index (χ0n) is 9.18. The average molecular weight is 246 g/mol. The third-order valence-corrected chi connectivity index (χ3v) is 5.68. The van der Waals surface area contributed by atoms with E-state index in [1.807, 2.05) is 0 Å². The van der Waals surface area contributed by atoms with E-state index >= 15 is 0 Å². The fourth-order valence-electron chi connectivity index (χ4n) is 2.07. The van der Waals surface area contributed by atoms with Crippen molar-refractivity contribution < 1.29 is 23.5 Å². The Hall–Kier alpha value is -0.480. The normalized spacial score (nSPS) is 40.2. The molecule has 1 saturated heterocycles. The Morgan fingerprint density at radius 2 is 2.56 bits per heavy atom. The molecule has 1 aliphatic heterocycles. The molecule has 2 rings (SSSR count). The molecule has 2 aliphatic rings. The summed E-state index contributed by atoms with van der Waals surface area (Å²) in [6.45, 7) is 5.90. The molecule has 0 aromatic carbocycles. The van der Waals surface area contributed by atoms with Crippen molar-refractivity contribution in [1.82, 2.24) is 0 Å². The molecule has 0 radical (unpaired) electrons. The number of hydrogen-bond acceptors (Lipinski definition) is 5. The first-order valence-electron chi connectivity index (χ1n) is 5.28. The summed E-state index contributed by atoms with van der Waals surface area (Å²) in [6, 6.07) is 0. The SMILES string of the molecule is C=CCO[P+]1([O-])OC[C@H]2C[C@]21C(=O)OCC. The van der Waals surface area contributed by atoms with Gasteiger partial charge in [-0.25, -0.2) is 13.8 Å². The van der Waals surface area contributed by atoms with Crippen LogP contribution in [-0.2, 0) is 18.6 Å². The monoisotopic (exact) mass is 246 g/mol. The van der Waals surface area contributed by atoms with Crippen LogP contribution in [-0.4, -0.2) is 30.9 Å². The van der Waals surface area contributed by atoms with Gasteiger partial charge in [0, 0.05) is 12.3 Å². The minimum atomic E-state index is -3.37. The van der Waals surface area contributed by atoms with Crippen LogP contribution in [0.2, 0.25) is 0 Å². The number of hydrogen-bond donors (Lipinski definition) is 0. The fraction of sp³-hybridized carbons (Fsp3) is 0.700. The lowest BCUT2D eigenvalue weighted by Gasteiger charge is -2.29. The Kier molecular flexibility index (Phi) is 3.05. The van der Waals surface area contributed by atoms with Gasteiger partial charge < -0.3 is 9.63 Å². The number of carbonyl (C=O) groups excluding carboxylic acids is 1. The summed E-state index contributed by atoms with van der Waals surface area (Å²) < 4.78 is 15.3. The van der Waals surface area contributed by atoms with Gasteiger partial charge in [0.1, 0.15) is 13.2 Å². The lowest BCUT2D eigenvalue weighted by atomic mass is 10.3. The molecule has 0 N–H and O–H groups in total. The third-order valence-electron chi connectivity index (χ3n) is 3.00. The van der Waals surface area contributed by atoms with Crippen molar-refractivity contribution in [3.8, 4) is 0 Å². The van der Waals surface area contributed by atoms with E-state index in [1.165, 1.54) is 6.08 Å². The maximum atomic E-state index is 12.4. The van der Waals surface area contributed by atoms with Gasteiger partial charge in [-0.3, -0.25) is 0 Å². The summed E-state index contributed by atoms with van der Waals surface area (Å²) in [6.07, 6.45) is 2.03. The highest BCUT2D eigenvalue weighted by molar-refractivity contribution is 7.62. The molecule has 3 atom stereocenters. The Labute approximate surface area is 95.0 Å². The van der Waals surface area contributed by atoms with Crippen molar-refractivity contribution in [2.45, 2.75) is 18.5 Å². The van der Waals surface area contributed by atoms with Gasteiger partial charge in [-0.05, 0) is 6.92 Å². The molecule has 0 aromatic heterocycles.